The lowest BCUT2D eigenvalue weighted by Gasteiger charge is -2.36. The van der Waals surface area contributed by atoms with Gasteiger partial charge in [-0.25, -0.2) is 0 Å². The topological polar surface area (TPSA) is 64.1 Å². The van der Waals surface area contributed by atoms with Gasteiger partial charge in [0.25, 0.3) is 11.8 Å². The Balaban J connectivity index is 1.73. The molecule has 0 unspecified atom stereocenters. The van der Waals surface area contributed by atoms with Gasteiger partial charge in [-0.05, 0) is 12.0 Å². The molecule has 6 nitrogen and oxygen atoms in total. The van der Waals surface area contributed by atoms with Crippen LogP contribution >= 0.6 is 0 Å². The van der Waals surface area contributed by atoms with Crippen LogP contribution in [-0.4, -0.2) is 77.5 Å². The molecule has 164 valence electrons. The van der Waals surface area contributed by atoms with Gasteiger partial charge in [-0.1, -0.05) is 69.4 Å². The molecule has 1 saturated heterocycles. The van der Waals surface area contributed by atoms with E-state index in [-0.39, 0.29) is 18.4 Å². The molecule has 0 saturated carbocycles. The van der Waals surface area contributed by atoms with Crippen molar-refractivity contribution in [3.05, 3.63) is 41.6 Å². The molecule has 30 heavy (non-hydrogen) atoms. The first-order valence-electron chi connectivity index (χ1n) is 11.4. The zero-order valence-corrected chi connectivity index (χ0v) is 18.2. The number of unbranched alkanes of at least 4 members (excludes halogenated alkanes) is 5. The summed E-state index contributed by atoms with van der Waals surface area (Å²) in [6.45, 7) is 6.43. The average Bonchev–Trinajstić information content (AvgIpc) is 3.02. The third-order valence-corrected chi connectivity index (χ3v) is 6.05. The van der Waals surface area contributed by atoms with Crippen molar-refractivity contribution in [3.63, 3.8) is 0 Å². The van der Waals surface area contributed by atoms with Crippen LogP contribution in [0.2, 0.25) is 0 Å². The number of carbonyl (C=O) groups is 2. The second kappa shape index (κ2) is 11.3. The number of β-amino-alcohol motifs (C(OH)–C–C–N with tert-alkyl or cyclic N) is 1. The number of aliphatic hydroxyl groups is 1. The Labute approximate surface area is 180 Å². The van der Waals surface area contributed by atoms with Crippen LogP contribution in [0, 0.1) is 0 Å². The van der Waals surface area contributed by atoms with Crippen LogP contribution in [0.1, 0.15) is 51.0 Å². The highest BCUT2D eigenvalue weighted by Crippen LogP contribution is 2.32. The monoisotopic (exact) mass is 413 g/mol. The van der Waals surface area contributed by atoms with Gasteiger partial charge in [-0.3, -0.25) is 19.4 Å². The third kappa shape index (κ3) is 5.29. The number of rotatable bonds is 11. The normalized spacial score (nSPS) is 18.1. The van der Waals surface area contributed by atoms with E-state index in [2.05, 4.69) is 16.7 Å². The standard InChI is InChI=1S/C24H35N3O3/c1-2-3-4-5-6-10-13-27-23(29)21(20-11-8-7-9-12-20)22(24(27)30)26-16-14-25(15-17-26)18-19-28/h7-9,11-12,28H,2-6,10,13-19H2,1H3. The van der Waals surface area contributed by atoms with Gasteiger partial charge in [-0.2, -0.15) is 0 Å². The molecule has 0 spiro atoms. The highest BCUT2D eigenvalue weighted by Gasteiger charge is 2.41. The summed E-state index contributed by atoms with van der Waals surface area (Å²) in [4.78, 5) is 32.3. The molecule has 3 rings (SSSR count). The second-order valence-electron chi connectivity index (χ2n) is 8.17. The van der Waals surface area contributed by atoms with Gasteiger partial charge in [-0.15, -0.1) is 0 Å². The predicted octanol–water partition coefficient (Wildman–Crippen LogP) is 2.74. The fraction of sp³-hybridized carbons (Fsp3) is 0.583. The van der Waals surface area contributed by atoms with E-state index >= 15 is 0 Å². The molecule has 0 aromatic heterocycles. The van der Waals surface area contributed by atoms with E-state index < -0.39 is 0 Å². The number of amides is 2. The van der Waals surface area contributed by atoms with Gasteiger partial charge in [0.15, 0.2) is 0 Å². The van der Waals surface area contributed by atoms with Crippen molar-refractivity contribution in [1.29, 1.82) is 0 Å². The zero-order chi connectivity index (χ0) is 21.3. The SMILES string of the molecule is CCCCCCCCN1C(=O)C(c2ccccc2)=C(N2CCN(CCO)CC2)C1=O. The van der Waals surface area contributed by atoms with E-state index in [1.165, 1.54) is 24.2 Å². The number of carbonyl (C=O) groups excluding carboxylic acids is 2. The smallest absolute Gasteiger partial charge is 0.277 e. The fourth-order valence-electron chi connectivity index (χ4n) is 4.31. The number of aliphatic hydroxyl groups excluding tert-OH is 1. The van der Waals surface area contributed by atoms with Crippen LogP contribution in [0.4, 0.5) is 0 Å². The molecule has 1 N–H and O–H groups in total. The summed E-state index contributed by atoms with van der Waals surface area (Å²) in [6, 6.07) is 9.57. The van der Waals surface area contributed by atoms with E-state index in [9.17, 15) is 14.7 Å². The van der Waals surface area contributed by atoms with Crippen LogP contribution in [0.25, 0.3) is 5.57 Å². The Morgan fingerprint density at radius 2 is 1.50 bits per heavy atom. The molecule has 0 atom stereocenters. The minimum atomic E-state index is -0.160. The Bertz CT molecular complexity index is 739. The largest absolute Gasteiger partial charge is 0.395 e. The minimum Gasteiger partial charge on any atom is -0.395 e. The molecule has 6 heteroatoms. The van der Waals surface area contributed by atoms with Gasteiger partial charge in [0.1, 0.15) is 5.70 Å². The molecule has 1 aromatic carbocycles. The van der Waals surface area contributed by atoms with Gasteiger partial charge < -0.3 is 10.0 Å². The van der Waals surface area contributed by atoms with Gasteiger partial charge in [0, 0.05) is 39.3 Å². The average molecular weight is 414 g/mol. The Hall–Kier alpha value is -2.18. The van der Waals surface area contributed by atoms with Crippen molar-refractivity contribution in [2.45, 2.75) is 45.4 Å². The fourth-order valence-corrected chi connectivity index (χ4v) is 4.31. The first-order valence-corrected chi connectivity index (χ1v) is 11.4. The Morgan fingerprint density at radius 1 is 0.833 bits per heavy atom. The molecule has 2 amide bonds. The molecule has 2 aliphatic rings. The first-order chi connectivity index (χ1) is 14.7. The van der Waals surface area contributed by atoms with Crippen LogP contribution < -0.4 is 0 Å². The highest BCUT2D eigenvalue weighted by molar-refractivity contribution is 6.35. The number of hydrogen-bond donors (Lipinski definition) is 1. The number of imide groups is 1. The van der Waals surface area contributed by atoms with Crippen molar-refractivity contribution in [3.8, 4) is 0 Å². The maximum absolute atomic E-state index is 13.3. The number of hydrogen-bond acceptors (Lipinski definition) is 5. The summed E-state index contributed by atoms with van der Waals surface area (Å²) >= 11 is 0. The summed E-state index contributed by atoms with van der Waals surface area (Å²) in [6.07, 6.45) is 6.74. The number of nitrogens with zero attached hydrogens (tertiary/aromatic N) is 3. The predicted molar refractivity (Wildman–Crippen MR) is 119 cm³/mol. The molecule has 0 aliphatic carbocycles. The summed E-state index contributed by atoms with van der Waals surface area (Å²) in [5.41, 5.74) is 1.91. The van der Waals surface area contributed by atoms with Crippen LogP contribution in [-0.2, 0) is 9.59 Å². The lowest BCUT2D eigenvalue weighted by Crippen LogP contribution is -2.48. The minimum absolute atomic E-state index is 0.140. The summed E-state index contributed by atoms with van der Waals surface area (Å²) in [7, 11) is 0. The molecule has 2 heterocycles. The van der Waals surface area contributed by atoms with Gasteiger partial charge >= 0.3 is 0 Å². The maximum atomic E-state index is 13.3. The molecule has 1 aromatic rings. The maximum Gasteiger partial charge on any atom is 0.277 e. The quantitative estimate of drug-likeness (QED) is 0.446. The van der Waals surface area contributed by atoms with E-state index in [1.807, 2.05) is 30.3 Å². The molecule has 0 bridgehead atoms. The third-order valence-electron chi connectivity index (χ3n) is 6.05. The van der Waals surface area contributed by atoms with Crippen molar-refractivity contribution in [2.75, 3.05) is 45.9 Å². The van der Waals surface area contributed by atoms with Gasteiger partial charge in [0.2, 0.25) is 0 Å². The summed E-state index contributed by atoms with van der Waals surface area (Å²) in [5.74, 6) is -0.310. The summed E-state index contributed by atoms with van der Waals surface area (Å²) in [5, 5.41) is 9.18. The van der Waals surface area contributed by atoms with E-state index in [1.54, 1.807) is 0 Å². The zero-order valence-electron chi connectivity index (χ0n) is 18.2. The van der Waals surface area contributed by atoms with E-state index in [4.69, 9.17) is 0 Å². The van der Waals surface area contributed by atoms with Gasteiger partial charge in [0.05, 0.1) is 12.2 Å². The van der Waals surface area contributed by atoms with E-state index in [0.29, 0.717) is 37.4 Å². The Kier molecular flexibility index (Phi) is 8.46. The van der Waals surface area contributed by atoms with Crippen LogP contribution in [0.3, 0.4) is 0 Å². The molecule has 2 aliphatic heterocycles. The lowest BCUT2D eigenvalue weighted by molar-refractivity contribution is -0.137. The van der Waals surface area contributed by atoms with Crippen molar-refractivity contribution in [1.82, 2.24) is 14.7 Å². The lowest BCUT2D eigenvalue weighted by atomic mass is 10.0. The highest BCUT2D eigenvalue weighted by atomic mass is 16.3. The van der Waals surface area contributed by atoms with E-state index in [0.717, 1.165) is 37.9 Å². The molecule has 1 fully saturated rings. The number of piperazine rings is 1. The molecular formula is C24H35N3O3. The van der Waals surface area contributed by atoms with Crippen molar-refractivity contribution in [2.24, 2.45) is 0 Å². The number of benzene rings is 1. The van der Waals surface area contributed by atoms with Crippen LogP contribution in [0.5, 0.6) is 0 Å². The second-order valence-corrected chi connectivity index (χ2v) is 8.17. The van der Waals surface area contributed by atoms with Crippen molar-refractivity contribution < 1.29 is 14.7 Å². The first kappa shape index (κ1) is 22.5. The summed E-state index contributed by atoms with van der Waals surface area (Å²) < 4.78 is 0. The molecule has 0 radical (unpaired) electrons. The van der Waals surface area contributed by atoms with Crippen molar-refractivity contribution >= 4 is 17.4 Å². The Morgan fingerprint density at radius 3 is 2.17 bits per heavy atom. The molecular weight excluding hydrogens is 378 g/mol. The van der Waals surface area contributed by atoms with Crippen LogP contribution in [0.15, 0.2) is 36.0 Å².